The van der Waals surface area contributed by atoms with Gasteiger partial charge in [-0.05, 0) is 30.4 Å². The number of rotatable bonds is 3. The first kappa shape index (κ1) is 12.0. The smallest absolute Gasteiger partial charge is 0.133 e. The molecule has 0 atom stereocenters. The van der Waals surface area contributed by atoms with Crippen LogP contribution in [0.25, 0.3) is 10.8 Å². The van der Waals surface area contributed by atoms with Crippen LogP contribution in [-0.4, -0.2) is 11.5 Å². The summed E-state index contributed by atoms with van der Waals surface area (Å²) in [4.78, 5) is 4.48. The summed E-state index contributed by atoms with van der Waals surface area (Å²) in [6, 6.07) is 8.30. The van der Waals surface area contributed by atoms with E-state index in [1.165, 1.54) is 30.0 Å². The molecule has 1 aromatic carbocycles. The second-order valence-corrected chi connectivity index (χ2v) is 6.37. The molecule has 1 aromatic heterocycles. The van der Waals surface area contributed by atoms with Gasteiger partial charge in [0.05, 0.1) is 0 Å². The summed E-state index contributed by atoms with van der Waals surface area (Å²) in [5.74, 6) is 1.00. The maximum atomic E-state index is 4.48. The van der Waals surface area contributed by atoms with Crippen molar-refractivity contribution in [1.29, 1.82) is 0 Å². The van der Waals surface area contributed by atoms with Crippen molar-refractivity contribution in [3.63, 3.8) is 0 Å². The van der Waals surface area contributed by atoms with Gasteiger partial charge in [0.15, 0.2) is 0 Å². The molecule has 1 heterocycles. The first-order chi connectivity index (χ1) is 8.68. The van der Waals surface area contributed by atoms with E-state index < -0.39 is 0 Å². The van der Waals surface area contributed by atoms with Crippen LogP contribution < -0.4 is 5.32 Å². The zero-order valence-electron chi connectivity index (χ0n) is 10.5. The molecule has 1 fully saturated rings. The van der Waals surface area contributed by atoms with Crippen molar-refractivity contribution in [1.82, 2.24) is 4.98 Å². The third-order valence-corrected chi connectivity index (χ3v) is 4.69. The molecule has 0 bridgehead atoms. The Hall–Kier alpha value is -1.09. The Labute approximate surface area is 116 Å². The molecule has 0 amide bonds. The summed E-state index contributed by atoms with van der Waals surface area (Å²) in [5.41, 5.74) is 0.468. The van der Waals surface area contributed by atoms with Crippen LogP contribution in [0, 0.1) is 5.41 Å². The number of benzene rings is 1. The van der Waals surface area contributed by atoms with E-state index in [2.05, 4.69) is 57.4 Å². The van der Waals surface area contributed by atoms with E-state index in [4.69, 9.17) is 0 Å². The molecule has 18 heavy (non-hydrogen) atoms. The molecule has 1 N–H and O–H groups in total. The van der Waals surface area contributed by atoms with Gasteiger partial charge < -0.3 is 5.32 Å². The first-order valence-electron chi connectivity index (χ1n) is 6.45. The van der Waals surface area contributed by atoms with Gasteiger partial charge in [-0.3, -0.25) is 0 Å². The van der Waals surface area contributed by atoms with Gasteiger partial charge >= 0.3 is 0 Å². The Balaban J connectivity index is 1.89. The van der Waals surface area contributed by atoms with Crippen molar-refractivity contribution in [2.75, 3.05) is 11.9 Å². The Bertz CT molecular complexity index is 576. The number of fused-ring (bicyclic) bond motifs is 1. The Morgan fingerprint density at radius 2 is 2.11 bits per heavy atom. The summed E-state index contributed by atoms with van der Waals surface area (Å²) in [7, 11) is 0. The number of hydrogen-bond acceptors (Lipinski definition) is 2. The van der Waals surface area contributed by atoms with Gasteiger partial charge in [-0.25, -0.2) is 4.98 Å². The predicted octanol–water partition coefficient (Wildman–Crippen LogP) is 4.60. The summed E-state index contributed by atoms with van der Waals surface area (Å²) < 4.78 is 1.13. The van der Waals surface area contributed by atoms with E-state index in [-0.39, 0.29) is 0 Å². The quantitative estimate of drug-likeness (QED) is 0.896. The predicted molar refractivity (Wildman–Crippen MR) is 79.9 cm³/mol. The van der Waals surface area contributed by atoms with E-state index in [1.807, 2.05) is 6.20 Å². The highest BCUT2D eigenvalue weighted by Gasteiger charge is 2.31. The van der Waals surface area contributed by atoms with Gasteiger partial charge in [-0.2, -0.15) is 0 Å². The van der Waals surface area contributed by atoms with Crippen molar-refractivity contribution in [3.8, 4) is 0 Å². The maximum Gasteiger partial charge on any atom is 0.133 e. The van der Waals surface area contributed by atoms with Crippen LogP contribution in [0.4, 0.5) is 5.82 Å². The lowest BCUT2D eigenvalue weighted by Crippen LogP contribution is -2.33. The van der Waals surface area contributed by atoms with Crippen molar-refractivity contribution >= 4 is 32.5 Å². The van der Waals surface area contributed by atoms with E-state index in [1.54, 1.807) is 0 Å². The number of pyridine rings is 1. The molecule has 3 heteroatoms. The summed E-state index contributed by atoms with van der Waals surface area (Å²) >= 11 is 3.59. The topological polar surface area (TPSA) is 24.9 Å². The fraction of sp³-hybridized carbons (Fsp3) is 0.400. The van der Waals surface area contributed by atoms with Crippen molar-refractivity contribution in [3.05, 3.63) is 34.9 Å². The van der Waals surface area contributed by atoms with Crippen molar-refractivity contribution < 1.29 is 0 Å². The molecular weight excluding hydrogens is 288 g/mol. The van der Waals surface area contributed by atoms with Crippen molar-refractivity contribution in [2.45, 2.75) is 26.2 Å². The fourth-order valence-corrected chi connectivity index (χ4v) is 3.06. The van der Waals surface area contributed by atoms with Crippen LogP contribution in [0.5, 0.6) is 0 Å². The highest BCUT2D eigenvalue weighted by Crippen LogP contribution is 2.40. The number of nitrogens with zero attached hydrogens (tertiary/aromatic N) is 1. The number of aromatic nitrogens is 1. The Morgan fingerprint density at radius 1 is 1.28 bits per heavy atom. The molecule has 1 aliphatic rings. The minimum atomic E-state index is 0.468. The average Bonchev–Trinajstić information content (AvgIpc) is 2.35. The third-order valence-electron chi connectivity index (χ3n) is 4.00. The normalized spacial score (nSPS) is 17.4. The molecule has 1 saturated carbocycles. The largest absolute Gasteiger partial charge is 0.369 e. The monoisotopic (exact) mass is 304 g/mol. The van der Waals surface area contributed by atoms with Crippen LogP contribution in [0.15, 0.2) is 34.9 Å². The first-order valence-corrected chi connectivity index (χ1v) is 7.24. The highest BCUT2D eigenvalue weighted by atomic mass is 79.9. The molecule has 1 aliphatic carbocycles. The van der Waals surface area contributed by atoms with E-state index in [9.17, 15) is 0 Å². The van der Waals surface area contributed by atoms with E-state index >= 15 is 0 Å². The molecule has 0 spiro atoms. The van der Waals surface area contributed by atoms with Gasteiger partial charge in [0.25, 0.3) is 0 Å². The van der Waals surface area contributed by atoms with Crippen LogP contribution in [0.1, 0.15) is 26.2 Å². The number of hydrogen-bond donors (Lipinski definition) is 1. The zero-order chi connectivity index (χ0) is 12.6. The van der Waals surface area contributed by atoms with Gasteiger partial charge in [0.1, 0.15) is 5.82 Å². The van der Waals surface area contributed by atoms with Crippen LogP contribution in [0.3, 0.4) is 0 Å². The Kier molecular flexibility index (Phi) is 3.02. The van der Waals surface area contributed by atoms with Gasteiger partial charge in [-0.15, -0.1) is 0 Å². The minimum absolute atomic E-state index is 0.468. The average molecular weight is 305 g/mol. The fourth-order valence-electron chi connectivity index (χ4n) is 2.56. The Morgan fingerprint density at radius 3 is 2.83 bits per heavy atom. The summed E-state index contributed by atoms with van der Waals surface area (Å²) in [6.45, 7) is 3.37. The zero-order valence-corrected chi connectivity index (χ0v) is 12.1. The van der Waals surface area contributed by atoms with Crippen LogP contribution >= 0.6 is 15.9 Å². The molecule has 0 radical (unpaired) electrons. The van der Waals surface area contributed by atoms with Gasteiger partial charge in [-0.1, -0.05) is 41.4 Å². The summed E-state index contributed by atoms with van der Waals surface area (Å²) in [5, 5.41) is 5.93. The molecule has 0 aliphatic heterocycles. The lowest BCUT2D eigenvalue weighted by molar-refractivity contribution is 0.180. The summed E-state index contributed by atoms with van der Waals surface area (Å²) in [6.07, 6.45) is 5.90. The molecule has 0 unspecified atom stereocenters. The standard InChI is InChI=1S/C15H17BrN2/c1-15(7-3-8-15)10-18-14-12-4-2-5-13(16)11(12)6-9-17-14/h2,4-6,9H,3,7-8,10H2,1H3,(H,17,18). The SMILES string of the molecule is CC1(CNc2nccc3c(Br)cccc23)CCC1. The second-order valence-electron chi connectivity index (χ2n) is 5.51. The van der Waals surface area contributed by atoms with Crippen molar-refractivity contribution in [2.24, 2.45) is 5.41 Å². The lowest BCUT2D eigenvalue weighted by Gasteiger charge is -2.38. The second kappa shape index (κ2) is 4.54. The number of nitrogens with one attached hydrogen (secondary N) is 1. The van der Waals surface area contributed by atoms with Crippen LogP contribution in [0.2, 0.25) is 0 Å². The molecule has 3 rings (SSSR count). The number of anilines is 1. The number of halogens is 1. The highest BCUT2D eigenvalue weighted by molar-refractivity contribution is 9.10. The molecule has 0 saturated heterocycles. The van der Waals surface area contributed by atoms with Gasteiger partial charge in [0.2, 0.25) is 0 Å². The molecular formula is C15H17BrN2. The van der Waals surface area contributed by atoms with E-state index in [0.717, 1.165) is 16.8 Å². The molecule has 2 aromatic rings. The third kappa shape index (κ3) is 2.12. The van der Waals surface area contributed by atoms with E-state index in [0.29, 0.717) is 5.41 Å². The van der Waals surface area contributed by atoms with Crippen LogP contribution in [-0.2, 0) is 0 Å². The maximum absolute atomic E-state index is 4.48. The molecule has 94 valence electrons. The van der Waals surface area contributed by atoms with Gasteiger partial charge in [0, 0.05) is 28.0 Å². The molecule has 2 nitrogen and oxygen atoms in total. The lowest BCUT2D eigenvalue weighted by atomic mass is 9.70. The minimum Gasteiger partial charge on any atom is -0.369 e.